The summed E-state index contributed by atoms with van der Waals surface area (Å²) in [6.45, 7) is 10.1. The van der Waals surface area contributed by atoms with Gasteiger partial charge in [-0.05, 0) is 26.0 Å². The van der Waals surface area contributed by atoms with E-state index in [1.54, 1.807) is 6.20 Å². The lowest BCUT2D eigenvalue weighted by atomic mass is 10.3. The smallest absolute Gasteiger partial charge is 0.128 e. The summed E-state index contributed by atoms with van der Waals surface area (Å²) in [5, 5.41) is 0. The first-order chi connectivity index (χ1) is 9.15. The Bertz CT molecular complexity index is 372. The summed E-state index contributed by atoms with van der Waals surface area (Å²) in [6, 6.07) is 3.90. The number of rotatable bonds is 5. The fourth-order valence-corrected chi connectivity index (χ4v) is 2.20. The van der Waals surface area contributed by atoms with Crippen molar-refractivity contribution in [3.63, 3.8) is 0 Å². The molecule has 0 atom stereocenters. The number of hydrogen-bond donors (Lipinski definition) is 1. The molecule has 0 aliphatic carbocycles. The molecule has 0 amide bonds. The number of hydrogen-bond acceptors (Lipinski definition) is 5. The van der Waals surface area contributed by atoms with Crippen molar-refractivity contribution in [3.8, 4) is 0 Å². The Morgan fingerprint density at radius 2 is 2.00 bits per heavy atom. The van der Waals surface area contributed by atoms with Crippen molar-refractivity contribution in [1.82, 2.24) is 9.88 Å². The van der Waals surface area contributed by atoms with Crippen LogP contribution in [0.2, 0.25) is 0 Å². The van der Waals surface area contributed by atoms with Gasteiger partial charge in [0.1, 0.15) is 5.82 Å². The molecule has 1 aromatic rings. The Labute approximate surface area is 115 Å². The van der Waals surface area contributed by atoms with Gasteiger partial charge in [0, 0.05) is 32.7 Å². The molecule has 1 saturated heterocycles. The number of ether oxygens (including phenoxy) is 1. The maximum absolute atomic E-state index is 5.65. The van der Waals surface area contributed by atoms with Gasteiger partial charge in [-0.15, -0.1) is 0 Å². The van der Waals surface area contributed by atoms with Crippen molar-refractivity contribution in [2.24, 2.45) is 0 Å². The molecule has 0 bridgehead atoms. The summed E-state index contributed by atoms with van der Waals surface area (Å²) in [5.41, 5.74) is 6.37. The lowest BCUT2D eigenvalue weighted by Crippen LogP contribution is -2.47. The Morgan fingerprint density at radius 1 is 1.26 bits per heavy atom. The van der Waals surface area contributed by atoms with Gasteiger partial charge >= 0.3 is 0 Å². The number of piperazine rings is 1. The van der Waals surface area contributed by atoms with E-state index >= 15 is 0 Å². The maximum Gasteiger partial charge on any atom is 0.128 e. The molecule has 19 heavy (non-hydrogen) atoms. The third-order valence-corrected chi connectivity index (χ3v) is 3.33. The first-order valence-electron chi connectivity index (χ1n) is 6.95. The third-order valence-electron chi connectivity index (χ3n) is 3.33. The first kappa shape index (κ1) is 14.1. The lowest BCUT2D eigenvalue weighted by Gasteiger charge is -2.35. The van der Waals surface area contributed by atoms with Gasteiger partial charge in [0.2, 0.25) is 0 Å². The Morgan fingerprint density at radius 3 is 2.58 bits per heavy atom. The zero-order chi connectivity index (χ0) is 13.7. The van der Waals surface area contributed by atoms with E-state index in [2.05, 4.69) is 28.6 Å². The molecule has 1 aliphatic rings. The molecule has 2 N–H and O–H groups in total. The van der Waals surface area contributed by atoms with E-state index in [4.69, 9.17) is 10.5 Å². The minimum Gasteiger partial charge on any atom is -0.397 e. The van der Waals surface area contributed by atoms with Crippen LogP contribution in [-0.2, 0) is 4.74 Å². The van der Waals surface area contributed by atoms with E-state index in [1.165, 1.54) is 0 Å². The van der Waals surface area contributed by atoms with Crippen molar-refractivity contribution < 1.29 is 4.74 Å². The molecule has 0 aromatic carbocycles. The second-order valence-electron chi connectivity index (χ2n) is 5.20. The van der Waals surface area contributed by atoms with Crippen molar-refractivity contribution in [2.75, 3.05) is 50.0 Å². The largest absolute Gasteiger partial charge is 0.397 e. The Hall–Kier alpha value is -1.33. The highest BCUT2D eigenvalue weighted by Gasteiger charge is 2.17. The molecule has 5 nitrogen and oxygen atoms in total. The van der Waals surface area contributed by atoms with E-state index in [1.807, 2.05) is 12.1 Å². The molecule has 0 radical (unpaired) electrons. The van der Waals surface area contributed by atoms with Crippen LogP contribution < -0.4 is 10.6 Å². The quantitative estimate of drug-likeness (QED) is 0.866. The predicted molar refractivity (Wildman–Crippen MR) is 78.4 cm³/mol. The average Bonchev–Trinajstić information content (AvgIpc) is 2.40. The summed E-state index contributed by atoms with van der Waals surface area (Å²) in [7, 11) is 0. The monoisotopic (exact) mass is 264 g/mol. The normalized spacial score (nSPS) is 17.1. The third kappa shape index (κ3) is 4.36. The van der Waals surface area contributed by atoms with Crippen LogP contribution in [0.25, 0.3) is 0 Å². The number of pyridine rings is 1. The van der Waals surface area contributed by atoms with Crippen LogP contribution in [0.5, 0.6) is 0 Å². The van der Waals surface area contributed by atoms with Crippen LogP contribution in [-0.4, -0.2) is 55.3 Å². The van der Waals surface area contributed by atoms with Crippen LogP contribution in [0.4, 0.5) is 11.5 Å². The summed E-state index contributed by atoms with van der Waals surface area (Å²) < 4.78 is 5.59. The highest BCUT2D eigenvalue weighted by molar-refractivity contribution is 5.46. The van der Waals surface area contributed by atoms with Gasteiger partial charge < -0.3 is 15.4 Å². The molecule has 1 aromatic heterocycles. The van der Waals surface area contributed by atoms with Crippen LogP contribution in [0.1, 0.15) is 13.8 Å². The topological polar surface area (TPSA) is 54.6 Å². The maximum atomic E-state index is 5.65. The van der Waals surface area contributed by atoms with E-state index in [-0.39, 0.29) is 0 Å². The average molecular weight is 264 g/mol. The van der Waals surface area contributed by atoms with Gasteiger partial charge in [0.05, 0.1) is 24.6 Å². The van der Waals surface area contributed by atoms with Gasteiger partial charge in [-0.2, -0.15) is 0 Å². The van der Waals surface area contributed by atoms with E-state index in [0.717, 1.165) is 45.1 Å². The Kier molecular flexibility index (Phi) is 4.99. The minimum atomic E-state index is 0.320. The molecule has 106 valence electrons. The SMILES string of the molecule is CC(C)OCCN1CCN(c2ccc(N)cn2)CC1. The minimum absolute atomic E-state index is 0.320. The lowest BCUT2D eigenvalue weighted by molar-refractivity contribution is 0.0578. The second-order valence-corrected chi connectivity index (χ2v) is 5.20. The molecular weight excluding hydrogens is 240 g/mol. The zero-order valence-corrected chi connectivity index (χ0v) is 11.9. The molecule has 2 heterocycles. The van der Waals surface area contributed by atoms with E-state index in [0.29, 0.717) is 11.8 Å². The summed E-state index contributed by atoms with van der Waals surface area (Å²) in [6.07, 6.45) is 2.04. The van der Waals surface area contributed by atoms with Gasteiger partial charge in [0.25, 0.3) is 0 Å². The van der Waals surface area contributed by atoms with Crippen molar-refractivity contribution in [3.05, 3.63) is 18.3 Å². The van der Waals surface area contributed by atoms with Crippen LogP contribution in [0.3, 0.4) is 0 Å². The first-order valence-corrected chi connectivity index (χ1v) is 6.95. The number of nitrogens with two attached hydrogens (primary N) is 1. The van der Waals surface area contributed by atoms with Crippen LogP contribution >= 0.6 is 0 Å². The summed E-state index contributed by atoms with van der Waals surface area (Å²) in [4.78, 5) is 9.12. The molecule has 0 saturated carbocycles. The highest BCUT2D eigenvalue weighted by Crippen LogP contribution is 2.14. The molecule has 2 rings (SSSR count). The molecule has 0 spiro atoms. The van der Waals surface area contributed by atoms with Crippen molar-refractivity contribution >= 4 is 11.5 Å². The Balaban J connectivity index is 1.74. The summed E-state index contributed by atoms with van der Waals surface area (Å²) in [5.74, 6) is 1.02. The summed E-state index contributed by atoms with van der Waals surface area (Å²) >= 11 is 0. The van der Waals surface area contributed by atoms with E-state index < -0.39 is 0 Å². The van der Waals surface area contributed by atoms with Crippen molar-refractivity contribution in [1.29, 1.82) is 0 Å². The van der Waals surface area contributed by atoms with Gasteiger partial charge in [-0.3, -0.25) is 4.90 Å². The number of aromatic nitrogens is 1. The van der Waals surface area contributed by atoms with Gasteiger partial charge in [0.15, 0.2) is 0 Å². The second kappa shape index (κ2) is 6.73. The molecule has 0 unspecified atom stereocenters. The van der Waals surface area contributed by atoms with E-state index in [9.17, 15) is 0 Å². The fraction of sp³-hybridized carbons (Fsp3) is 0.643. The molecular formula is C14H24N4O. The predicted octanol–water partition coefficient (Wildman–Crippen LogP) is 1.21. The number of nitrogens with zero attached hydrogens (tertiary/aromatic N) is 3. The number of nitrogen functional groups attached to an aromatic ring is 1. The van der Waals surface area contributed by atoms with Crippen LogP contribution in [0, 0.1) is 0 Å². The van der Waals surface area contributed by atoms with Gasteiger partial charge in [-0.1, -0.05) is 0 Å². The number of anilines is 2. The molecule has 5 heteroatoms. The molecule has 1 fully saturated rings. The fourth-order valence-electron chi connectivity index (χ4n) is 2.20. The highest BCUT2D eigenvalue weighted by atomic mass is 16.5. The van der Waals surface area contributed by atoms with Gasteiger partial charge in [-0.25, -0.2) is 4.98 Å². The standard InChI is InChI=1S/C14H24N4O/c1-12(2)19-10-9-17-5-7-18(8-6-17)14-4-3-13(15)11-16-14/h3-4,11-12H,5-10,15H2,1-2H3. The van der Waals surface area contributed by atoms with Crippen LogP contribution in [0.15, 0.2) is 18.3 Å². The molecule has 1 aliphatic heterocycles. The zero-order valence-electron chi connectivity index (χ0n) is 11.9. The van der Waals surface area contributed by atoms with Crippen molar-refractivity contribution in [2.45, 2.75) is 20.0 Å².